The Bertz CT molecular complexity index is 497. The zero-order valence-electron chi connectivity index (χ0n) is 11.5. The molecule has 0 atom stereocenters. The summed E-state index contributed by atoms with van der Waals surface area (Å²) in [6.07, 6.45) is 0. The first-order valence-electron chi connectivity index (χ1n) is 6.46. The van der Waals surface area contributed by atoms with E-state index in [0.29, 0.717) is 0 Å². The molecule has 0 aliphatic heterocycles. The highest BCUT2D eigenvalue weighted by molar-refractivity contribution is 5.57. The molecule has 0 saturated heterocycles. The molecule has 0 radical (unpaired) electrons. The topological polar surface area (TPSA) is 24.5 Å². The van der Waals surface area contributed by atoms with Crippen LogP contribution in [-0.4, -0.2) is 32.1 Å². The van der Waals surface area contributed by atoms with Gasteiger partial charge in [-0.2, -0.15) is 0 Å². The van der Waals surface area contributed by atoms with Gasteiger partial charge in [-0.3, -0.25) is 0 Å². The lowest BCUT2D eigenvalue weighted by Crippen LogP contribution is -2.20. The Morgan fingerprint density at radius 1 is 0.947 bits per heavy atom. The predicted molar refractivity (Wildman–Crippen MR) is 80.0 cm³/mol. The molecular weight excluding hydrogens is 236 g/mol. The van der Waals surface area contributed by atoms with E-state index in [1.165, 1.54) is 0 Å². The number of hydrogen-bond acceptors (Lipinski definition) is 3. The van der Waals surface area contributed by atoms with E-state index in [4.69, 9.17) is 4.74 Å². The number of ether oxygens (including phenoxy) is 1. The van der Waals surface area contributed by atoms with Crippen molar-refractivity contribution in [2.24, 2.45) is 0 Å². The fraction of sp³-hybridized carbons (Fsp3) is 0.250. The van der Waals surface area contributed by atoms with E-state index < -0.39 is 0 Å². The molecule has 0 amide bonds. The Hall–Kier alpha value is -2.00. The van der Waals surface area contributed by atoms with Gasteiger partial charge >= 0.3 is 0 Å². The third kappa shape index (κ3) is 4.30. The van der Waals surface area contributed by atoms with Gasteiger partial charge in [-0.15, -0.1) is 0 Å². The first kappa shape index (κ1) is 13.4. The van der Waals surface area contributed by atoms with Gasteiger partial charge in [0.05, 0.1) is 5.69 Å². The van der Waals surface area contributed by atoms with Crippen molar-refractivity contribution < 1.29 is 4.74 Å². The second-order valence-corrected chi connectivity index (χ2v) is 4.64. The number of likely N-dealkylation sites (N-methyl/N-ethyl adjacent to an activating group) is 1. The average Bonchev–Trinajstić information content (AvgIpc) is 2.41. The number of anilines is 1. The summed E-state index contributed by atoms with van der Waals surface area (Å²) >= 11 is 0. The Morgan fingerprint density at radius 3 is 2.37 bits per heavy atom. The van der Waals surface area contributed by atoms with E-state index in [1.807, 2.05) is 54.6 Å². The second-order valence-electron chi connectivity index (χ2n) is 4.64. The highest BCUT2D eigenvalue weighted by Crippen LogP contribution is 2.28. The van der Waals surface area contributed by atoms with Crippen LogP contribution in [0.1, 0.15) is 0 Å². The normalized spacial score (nSPS) is 10.5. The van der Waals surface area contributed by atoms with Crippen molar-refractivity contribution in [1.82, 2.24) is 4.90 Å². The summed E-state index contributed by atoms with van der Waals surface area (Å²) in [5.74, 6) is 1.71. The van der Waals surface area contributed by atoms with E-state index in [2.05, 4.69) is 24.3 Å². The quantitative estimate of drug-likeness (QED) is 0.856. The SMILES string of the molecule is CN(C)CCNc1ccccc1Oc1ccccc1. The molecule has 3 heteroatoms. The minimum Gasteiger partial charge on any atom is -0.455 e. The fourth-order valence-electron chi connectivity index (χ4n) is 1.73. The van der Waals surface area contributed by atoms with Crippen LogP contribution in [0.4, 0.5) is 5.69 Å². The van der Waals surface area contributed by atoms with E-state index in [0.717, 1.165) is 30.3 Å². The first-order valence-corrected chi connectivity index (χ1v) is 6.46. The number of rotatable bonds is 6. The van der Waals surface area contributed by atoms with Crippen molar-refractivity contribution in [3.05, 3.63) is 54.6 Å². The van der Waals surface area contributed by atoms with Gasteiger partial charge in [0.15, 0.2) is 5.75 Å². The molecule has 0 spiro atoms. The van der Waals surface area contributed by atoms with Crippen LogP contribution < -0.4 is 10.1 Å². The Balaban J connectivity index is 2.04. The van der Waals surface area contributed by atoms with Crippen molar-refractivity contribution in [2.45, 2.75) is 0 Å². The minimum atomic E-state index is 0.851. The highest BCUT2D eigenvalue weighted by Gasteiger charge is 2.03. The van der Waals surface area contributed by atoms with Crippen molar-refractivity contribution in [3.8, 4) is 11.5 Å². The van der Waals surface area contributed by atoms with E-state index >= 15 is 0 Å². The molecule has 1 N–H and O–H groups in total. The molecule has 0 bridgehead atoms. The standard InChI is InChI=1S/C16H20N2O/c1-18(2)13-12-17-15-10-6-7-11-16(15)19-14-8-4-3-5-9-14/h3-11,17H,12-13H2,1-2H3. The summed E-state index contributed by atoms with van der Waals surface area (Å²) in [5, 5.41) is 3.40. The van der Waals surface area contributed by atoms with Crippen molar-refractivity contribution in [1.29, 1.82) is 0 Å². The summed E-state index contributed by atoms with van der Waals surface area (Å²) in [4.78, 5) is 2.15. The number of para-hydroxylation sites is 3. The van der Waals surface area contributed by atoms with Crippen molar-refractivity contribution in [3.63, 3.8) is 0 Å². The first-order chi connectivity index (χ1) is 9.25. The van der Waals surface area contributed by atoms with E-state index in [9.17, 15) is 0 Å². The van der Waals surface area contributed by atoms with E-state index in [-0.39, 0.29) is 0 Å². The molecule has 0 saturated carbocycles. The molecule has 0 aliphatic rings. The maximum atomic E-state index is 5.89. The van der Waals surface area contributed by atoms with Crippen molar-refractivity contribution in [2.75, 3.05) is 32.5 Å². The van der Waals surface area contributed by atoms with Gasteiger partial charge in [-0.05, 0) is 38.4 Å². The van der Waals surface area contributed by atoms with Crippen LogP contribution in [0.15, 0.2) is 54.6 Å². The molecule has 19 heavy (non-hydrogen) atoms. The highest BCUT2D eigenvalue weighted by atomic mass is 16.5. The molecule has 2 rings (SSSR count). The number of nitrogens with one attached hydrogen (secondary N) is 1. The monoisotopic (exact) mass is 256 g/mol. The molecular formula is C16H20N2O. The van der Waals surface area contributed by atoms with Crippen LogP contribution in [0.2, 0.25) is 0 Å². The van der Waals surface area contributed by atoms with Crippen LogP contribution in [0, 0.1) is 0 Å². The van der Waals surface area contributed by atoms with Crippen molar-refractivity contribution >= 4 is 5.69 Å². The lowest BCUT2D eigenvalue weighted by Gasteiger charge is -2.14. The summed E-state index contributed by atoms with van der Waals surface area (Å²) in [6.45, 7) is 1.88. The van der Waals surface area contributed by atoms with Gasteiger partial charge in [-0.25, -0.2) is 0 Å². The molecule has 100 valence electrons. The van der Waals surface area contributed by atoms with Crippen LogP contribution >= 0.6 is 0 Å². The van der Waals surface area contributed by atoms with Crippen LogP contribution in [0.25, 0.3) is 0 Å². The molecule has 0 fully saturated rings. The fourth-order valence-corrected chi connectivity index (χ4v) is 1.73. The number of hydrogen-bond donors (Lipinski definition) is 1. The Labute approximate surface area is 114 Å². The van der Waals surface area contributed by atoms with E-state index in [1.54, 1.807) is 0 Å². The maximum Gasteiger partial charge on any atom is 0.150 e. The van der Waals surface area contributed by atoms with Crippen LogP contribution in [-0.2, 0) is 0 Å². The maximum absolute atomic E-state index is 5.89. The van der Waals surface area contributed by atoms with Gasteiger partial charge in [0.2, 0.25) is 0 Å². The lowest BCUT2D eigenvalue weighted by atomic mass is 10.3. The molecule has 3 nitrogen and oxygen atoms in total. The van der Waals surface area contributed by atoms with Crippen LogP contribution in [0.5, 0.6) is 11.5 Å². The van der Waals surface area contributed by atoms with Gasteiger partial charge in [0.1, 0.15) is 5.75 Å². The second kappa shape index (κ2) is 6.81. The summed E-state index contributed by atoms with van der Waals surface area (Å²) in [7, 11) is 4.13. The number of benzene rings is 2. The Morgan fingerprint density at radius 2 is 1.63 bits per heavy atom. The van der Waals surface area contributed by atoms with Gasteiger partial charge < -0.3 is 15.0 Å². The third-order valence-electron chi connectivity index (χ3n) is 2.73. The number of nitrogens with zero attached hydrogens (tertiary/aromatic N) is 1. The zero-order valence-corrected chi connectivity index (χ0v) is 11.5. The predicted octanol–water partition coefficient (Wildman–Crippen LogP) is 3.45. The lowest BCUT2D eigenvalue weighted by molar-refractivity contribution is 0.424. The average molecular weight is 256 g/mol. The molecule has 0 aliphatic carbocycles. The zero-order chi connectivity index (χ0) is 13.5. The minimum absolute atomic E-state index is 0.851. The molecule has 0 aromatic heterocycles. The van der Waals surface area contributed by atoms with Gasteiger partial charge in [-0.1, -0.05) is 30.3 Å². The summed E-state index contributed by atoms with van der Waals surface area (Å²) in [6, 6.07) is 17.8. The molecule has 0 heterocycles. The Kier molecular flexibility index (Phi) is 4.81. The van der Waals surface area contributed by atoms with Gasteiger partial charge in [0.25, 0.3) is 0 Å². The molecule has 2 aromatic carbocycles. The van der Waals surface area contributed by atoms with Gasteiger partial charge in [0, 0.05) is 13.1 Å². The summed E-state index contributed by atoms with van der Waals surface area (Å²) in [5.41, 5.74) is 1.02. The smallest absolute Gasteiger partial charge is 0.150 e. The third-order valence-corrected chi connectivity index (χ3v) is 2.73. The van der Waals surface area contributed by atoms with Crippen LogP contribution in [0.3, 0.4) is 0 Å². The molecule has 2 aromatic rings. The molecule has 0 unspecified atom stereocenters. The largest absolute Gasteiger partial charge is 0.455 e. The summed E-state index contributed by atoms with van der Waals surface area (Å²) < 4.78 is 5.89.